The largest absolute Gasteiger partial charge is 0.361 e. The quantitative estimate of drug-likeness (QED) is 0.868. The van der Waals surface area contributed by atoms with E-state index in [1.165, 1.54) is 4.31 Å². The van der Waals surface area contributed by atoms with Crippen molar-refractivity contribution in [2.24, 2.45) is 0 Å². The minimum atomic E-state index is -3.52. The summed E-state index contributed by atoms with van der Waals surface area (Å²) >= 11 is 0. The molecule has 0 radical (unpaired) electrons. The molecule has 5 nitrogen and oxygen atoms in total. The molecule has 0 unspecified atom stereocenters. The SMILES string of the molecule is Cc1ccc(S(=O)(=O)N(C)Cc2cc(C)on2)c(C)c1. The second-order valence-corrected chi connectivity index (χ2v) is 6.97. The number of hydrogen-bond acceptors (Lipinski definition) is 4. The molecular weight excluding hydrogens is 276 g/mol. The standard InChI is InChI=1S/C14H18N2O3S/c1-10-5-6-14(11(2)7-10)20(17,18)16(4)9-13-8-12(3)19-15-13/h5-8H,9H2,1-4H3. The van der Waals surface area contributed by atoms with Crippen LogP contribution < -0.4 is 0 Å². The number of aromatic nitrogens is 1. The molecule has 0 bridgehead atoms. The average molecular weight is 294 g/mol. The van der Waals surface area contributed by atoms with Gasteiger partial charge in [0.2, 0.25) is 10.0 Å². The first-order chi connectivity index (χ1) is 9.30. The molecule has 108 valence electrons. The third kappa shape index (κ3) is 2.91. The first-order valence-electron chi connectivity index (χ1n) is 6.26. The van der Waals surface area contributed by atoms with Gasteiger partial charge in [-0.1, -0.05) is 22.9 Å². The summed E-state index contributed by atoms with van der Waals surface area (Å²) in [6.45, 7) is 5.70. The number of nitrogens with zero attached hydrogens (tertiary/aromatic N) is 2. The van der Waals surface area contributed by atoms with E-state index in [1.54, 1.807) is 39.1 Å². The molecule has 1 aromatic carbocycles. The second kappa shape index (κ2) is 5.38. The summed E-state index contributed by atoms with van der Waals surface area (Å²) in [5, 5.41) is 3.82. The second-order valence-electron chi connectivity index (χ2n) is 4.96. The fourth-order valence-electron chi connectivity index (χ4n) is 2.06. The lowest BCUT2D eigenvalue weighted by atomic mass is 10.2. The van der Waals surface area contributed by atoms with Gasteiger partial charge in [0.15, 0.2) is 0 Å². The highest BCUT2D eigenvalue weighted by Crippen LogP contribution is 2.21. The van der Waals surface area contributed by atoms with E-state index in [9.17, 15) is 8.42 Å². The number of aryl methyl sites for hydroxylation is 3. The van der Waals surface area contributed by atoms with Crippen molar-refractivity contribution >= 4 is 10.0 Å². The molecule has 0 aliphatic carbocycles. The molecule has 0 atom stereocenters. The Balaban J connectivity index is 2.29. The average Bonchev–Trinajstić information content (AvgIpc) is 2.74. The minimum Gasteiger partial charge on any atom is -0.361 e. The Morgan fingerprint density at radius 3 is 2.45 bits per heavy atom. The number of hydrogen-bond donors (Lipinski definition) is 0. The molecule has 0 aliphatic rings. The molecule has 1 heterocycles. The van der Waals surface area contributed by atoms with Crippen molar-refractivity contribution in [3.05, 3.63) is 46.8 Å². The van der Waals surface area contributed by atoms with Crippen molar-refractivity contribution in [1.29, 1.82) is 0 Å². The van der Waals surface area contributed by atoms with Crippen LogP contribution in [0, 0.1) is 20.8 Å². The van der Waals surface area contributed by atoms with Crippen LogP contribution in [0.2, 0.25) is 0 Å². The Morgan fingerprint density at radius 2 is 1.90 bits per heavy atom. The molecule has 1 aromatic heterocycles. The Labute approximate surface area is 119 Å². The van der Waals surface area contributed by atoms with Crippen LogP contribution in [0.4, 0.5) is 0 Å². The maximum Gasteiger partial charge on any atom is 0.243 e. The van der Waals surface area contributed by atoms with Gasteiger partial charge in [0.25, 0.3) is 0 Å². The first kappa shape index (κ1) is 14.7. The van der Waals surface area contributed by atoms with Gasteiger partial charge in [-0.3, -0.25) is 0 Å². The molecule has 0 aliphatic heterocycles. The van der Waals surface area contributed by atoms with E-state index in [4.69, 9.17) is 4.52 Å². The van der Waals surface area contributed by atoms with E-state index >= 15 is 0 Å². The summed E-state index contributed by atoms with van der Waals surface area (Å²) in [6, 6.07) is 7.04. The maximum atomic E-state index is 12.5. The monoisotopic (exact) mass is 294 g/mol. The molecule has 0 fully saturated rings. The van der Waals surface area contributed by atoms with Gasteiger partial charge >= 0.3 is 0 Å². The lowest BCUT2D eigenvalue weighted by molar-refractivity contribution is 0.378. The molecule has 2 rings (SSSR count). The predicted octanol–water partition coefficient (Wildman–Crippen LogP) is 2.42. The zero-order valence-corrected chi connectivity index (χ0v) is 12.9. The van der Waals surface area contributed by atoms with Gasteiger partial charge in [0, 0.05) is 13.1 Å². The van der Waals surface area contributed by atoms with Gasteiger partial charge in [-0.15, -0.1) is 0 Å². The van der Waals surface area contributed by atoms with E-state index in [0.717, 1.165) is 11.1 Å². The highest BCUT2D eigenvalue weighted by molar-refractivity contribution is 7.89. The number of rotatable bonds is 4. The molecule has 2 aromatic rings. The van der Waals surface area contributed by atoms with E-state index in [-0.39, 0.29) is 6.54 Å². The van der Waals surface area contributed by atoms with E-state index in [0.29, 0.717) is 16.3 Å². The summed E-state index contributed by atoms with van der Waals surface area (Å²) in [4.78, 5) is 0.325. The lowest BCUT2D eigenvalue weighted by Gasteiger charge is -2.17. The molecular formula is C14H18N2O3S. The molecule has 0 saturated heterocycles. The van der Waals surface area contributed by atoms with Gasteiger partial charge in [-0.05, 0) is 32.4 Å². The number of sulfonamides is 1. The van der Waals surface area contributed by atoms with Crippen LogP contribution in [0.5, 0.6) is 0 Å². The number of benzene rings is 1. The van der Waals surface area contributed by atoms with Crippen molar-refractivity contribution in [2.45, 2.75) is 32.2 Å². The summed E-state index contributed by atoms with van der Waals surface area (Å²) in [6.07, 6.45) is 0. The van der Waals surface area contributed by atoms with Gasteiger partial charge in [-0.2, -0.15) is 4.31 Å². The summed E-state index contributed by atoms with van der Waals surface area (Å²) in [7, 11) is -1.98. The van der Waals surface area contributed by atoms with Crippen LogP contribution >= 0.6 is 0 Å². The van der Waals surface area contributed by atoms with Gasteiger partial charge in [-0.25, -0.2) is 8.42 Å². The Kier molecular flexibility index (Phi) is 3.96. The third-order valence-corrected chi connectivity index (χ3v) is 5.04. The van der Waals surface area contributed by atoms with Crippen LogP contribution in [0.1, 0.15) is 22.6 Å². The molecule has 0 saturated carbocycles. The zero-order chi connectivity index (χ0) is 14.9. The molecule has 0 spiro atoms. The summed E-state index contributed by atoms with van der Waals surface area (Å²) in [5.41, 5.74) is 2.38. The molecule has 0 amide bonds. The molecule has 0 N–H and O–H groups in total. The zero-order valence-electron chi connectivity index (χ0n) is 12.0. The molecule has 20 heavy (non-hydrogen) atoms. The highest BCUT2D eigenvalue weighted by atomic mass is 32.2. The van der Waals surface area contributed by atoms with E-state index in [2.05, 4.69) is 5.16 Å². The Morgan fingerprint density at radius 1 is 1.20 bits per heavy atom. The fraction of sp³-hybridized carbons (Fsp3) is 0.357. The first-order valence-corrected chi connectivity index (χ1v) is 7.70. The normalized spacial score (nSPS) is 12.1. The van der Waals surface area contributed by atoms with Crippen LogP contribution in [-0.4, -0.2) is 24.9 Å². The highest BCUT2D eigenvalue weighted by Gasteiger charge is 2.23. The Hall–Kier alpha value is -1.66. The predicted molar refractivity (Wildman–Crippen MR) is 75.8 cm³/mol. The van der Waals surface area contributed by atoms with Crippen molar-refractivity contribution in [3.8, 4) is 0 Å². The van der Waals surface area contributed by atoms with Crippen LogP contribution in [0.3, 0.4) is 0 Å². The van der Waals surface area contributed by atoms with Crippen molar-refractivity contribution in [1.82, 2.24) is 9.46 Å². The lowest BCUT2D eigenvalue weighted by Crippen LogP contribution is -2.27. The van der Waals surface area contributed by atoms with Crippen LogP contribution in [-0.2, 0) is 16.6 Å². The smallest absolute Gasteiger partial charge is 0.243 e. The summed E-state index contributed by atoms with van der Waals surface area (Å²) < 4.78 is 31.3. The van der Waals surface area contributed by atoms with E-state index in [1.807, 2.05) is 13.0 Å². The van der Waals surface area contributed by atoms with Crippen molar-refractivity contribution in [2.75, 3.05) is 7.05 Å². The third-order valence-electron chi connectivity index (χ3n) is 3.08. The van der Waals surface area contributed by atoms with Gasteiger partial charge in [0.1, 0.15) is 5.76 Å². The van der Waals surface area contributed by atoms with Crippen molar-refractivity contribution < 1.29 is 12.9 Å². The topological polar surface area (TPSA) is 63.4 Å². The fourth-order valence-corrected chi connectivity index (χ4v) is 3.41. The van der Waals surface area contributed by atoms with Gasteiger partial charge in [0.05, 0.1) is 17.1 Å². The van der Waals surface area contributed by atoms with Crippen LogP contribution in [0.25, 0.3) is 0 Å². The van der Waals surface area contributed by atoms with E-state index < -0.39 is 10.0 Å². The van der Waals surface area contributed by atoms with Crippen molar-refractivity contribution in [3.63, 3.8) is 0 Å². The maximum absolute atomic E-state index is 12.5. The van der Waals surface area contributed by atoms with Crippen LogP contribution in [0.15, 0.2) is 33.7 Å². The Bertz CT molecular complexity index is 720. The van der Waals surface area contributed by atoms with Gasteiger partial charge < -0.3 is 4.52 Å². The summed E-state index contributed by atoms with van der Waals surface area (Å²) in [5.74, 6) is 0.664. The minimum absolute atomic E-state index is 0.187. The molecule has 6 heteroatoms.